The van der Waals surface area contributed by atoms with Gasteiger partial charge in [-0.25, -0.2) is 0 Å². The minimum atomic E-state index is 0.694. The second kappa shape index (κ2) is 7.17. The molecule has 2 aromatic heterocycles. The number of hydrogen-bond acceptors (Lipinski definition) is 4. The highest BCUT2D eigenvalue weighted by Crippen LogP contribution is 2.24. The second-order valence-corrected chi connectivity index (χ2v) is 6.58. The second-order valence-electron chi connectivity index (χ2n) is 5.36. The summed E-state index contributed by atoms with van der Waals surface area (Å²) in [6.45, 7) is 1.43. The number of ether oxygens (including phenoxy) is 1. The SMILES string of the molecule is COc1ccc(Cl)cc1CN(C)Cn1ccc(-c2ccsc2)n1. The molecule has 0 aliphatic carbocycles. The highest BCUT2D eigenvalue weighted by atomic mass is 35.5. The van der Waals surface area contributed by atoms with E-state index >= 15 is 0 Å². The molecule has 0 radical (unpaired) electrons. The van der Waals surface area contributed by atoms with Gasteiger partial charge in [0, 0.05) is 34.3 Å². The Labute approximate surface area is 144 Å². The topological polar surface area (TPSA) is 30.3 Å². The third-order valence-electron chi connectivity index (χ3n) is 3.53. The number of aromatic nitrogens is 2. The molecule has 0 saturated carbocycles. The minimum absolute atomic E-state index is 0.694. The van der Waals surface area contributed by atoms with E-state index in [0.29, 0.717) is 11.7 Å². The van der Waals surface area contributed by atoms with Crippen LogP contribution in [-0.2, 0) is 13.2 Å². The molecule has 0 amide bonds. The van der Waals surface area contributed by atoms with Gasteiger partial charge >= 0.3 is 0 Å². The van der Waals surface area contributed by atoms with Crippen molar-refractivity contribution in [2.75, 3.05) is 14.2 Å². The average Bonchev–Trinajstić information content (AvgIpc) is 3.18. The fourth-order valence-corrected chi connectivity index (χ4v) is 3.31. The molecule has 6 heteroatoms. The monoisotopic (exact) mass is 347 g/mol. The molecule has 23 heavy (non-hydrogen) atoms. The van der Waals surface area contributed by atoms with Crippen molar-refractivity contribution in [2.45, 2.75) is 13.2 Å². The van der Waals surface area contributed by atoms with E-state index in [2.05, 4.69) is 26.8 Å². The summed E-state index contributed by atoms with van der Waals surface area (Å²) in [6, 6.07) is 9.79. The highest BCUT2D eigenvalue weighted by Gasteiger charge is 2.09. The van der Waals surface area contributed by atoms with E-state index in [1.54, 1.807) is 18.4 Å². The van der Waals surface area contributed by atoms with Crippen LogP contribution in [0.25, 0.3) is 11.3 Å². The fourth-order valence-electron chi connectivity index (χ4n) is 2.46. The number of nitrogens with zero attached hydrogens (tertiary/aromatic N) is 3. The van der Waals surface area contributed by atoms with Crippen molar-refractivity contribution in [3.63, 3.8) is 0 Å². The van der Waals surface area contributed by atoms with Crippen LogP contribution in [-0.4, -0.2) is 28.8 Å². The Bertz CT molecular complexity index is 770. The summed E-state index contributed by atoms with van der Waals surface area (Å²) in [5.74, 6) is 0.848. The van der Waals surface area contributed by atoms with Gasteiger partial charge in [0.2, 0.25) is 0 Å². The molecule has 2 heterocycles. The van der Waals surface area contributed by atoms with Crippen molar-refractivity contribution >= 4 is 22.9 Å². The van der Waals surface area contributed by atoms with Crippen molar-refractivity contribution in [1.29, 1.82) is 0 Å². The van der Waals surface area contributed by atoms with E-state index in [1.165, 1.54) is 0 Å². The largest absolute Gasteiger partial charge is 0.496 e. The van der Waals surface area contributed by atoms with Gasteiger partial charge in [-0.2, -0.15) is 16.4 Å². The normalized spacial score (nSPS) is 11.1. The van der Waals surface area contributed by atoms with Crippen LogP contribution in [0.2, 0.25) is 5.02 Å². The van der Waals surface area contributed by atoms with Crippen LogP contribution >= 0.6 is 22.9 Å². The highest BCUT2D eigenvalue weighted by molar-refractivity contribution is 7.08. The van der Waals surface area contributed by atoms with E-state index in [-0.39, 0.29) is 0 Å². The third kappa shape index (κ3) is 3.93. The average molecular weight is 348 g/mol. The van der Waals surface area contributed by atoms with Crippen molar-refractivity contribution in [3.05, 3.63) is 57.9 Å². The number of thiophene rings is 1. The first-order chi connectivity index (χ1) is 11.2. The first-order valence-electron chi connectivity index (χ1n) is 7.22. The molecule has 4 nitrogen and oxygen atoms in total. The Morgan fingerprint density at radius 1 is 1.30 bits per heavy atom. The van der Waals surface area contributed by atoms with Crippen molar-refractivity contribution in [2.24, 2.45) is 0 Å². The lowest BCUT2D eigenvalue weighted by Gasteiger charge is -2.18. The van der Waals surface area contributed by atoms with E-state index in [9.17, 15) is 0 Å². The zero-order valence-corrected chi connectivity index (χ0v) is 14.6. The van der Waals surface area contributed by atoms with Crippen LogP contribution in [0.1, 0.15) is 5.56 Å². The Balaban J connectivity index is 1.68. The van der Waals surface area contributed by atoms with Crippen LogP contribution in [0, 0.1) is 0 Å². The van der Waals surface area contributed by atoms with Gasteiger partial charge in [0.1, 0.15) is 5.75 Å². The summed E-state index contributed by atoms with van der Waals surface area (Å²) < 4.78 is 7.33. The van der Waals surface area contributed by atoms with Crippen molar-refractivity contribution in [1.82, 2.24) is 14.7 Å². The van der Waals surface area contributed by atoms with Crippen molar-refractivity contribution < 1.29 is 4.74 Å². The summed E-state index contributed by atoms with van der Waals surface area (Å²) in [4.78, 5) is 2.17. The molecule has 0 aliphatic rings. The zero-order chi connectivity index (χ0) is 16.2. The fraction of sp³-hybridized carbons (Fsp3) is 0.235. The third-order valence-corrected chi connectivity index (χ3v) is 4.44. The Morgan fingerprint density at radius 3 is 2.91 bits per heavy atom. The predicted molar refractivity (Wildman–Crippen MR) is 95.0 cm³/mol. The maximum atomic E-state index is 6.09. The number of rotatable bonds is 6. The first-order valence-corrected chi connectivity index (χ1v) is 8.55. The number of benzene rings is 1. The lowest BCUT2D eigenvalue weighted by molar-refractivity contribution is 0.243. The number of hydrogen-bond donors (Lipinski definition) is 0. The molecular weight excluding hydrogens is 330 g/mol. The summed E-state index contributed by atoms with van der Waals surface area (Å²) in [5, 5.41) is 9.50. The summed E-state index contributed by atoms with van der Waals surface area (Å²) in [6.07, 6.45) is 2.00. The molecule has 0 fully saturated rings. The summed E-state index contributed by atoms with van der Waals surface area (Å²) in [5.41, 5.74) is 3.22. The van der Waals surface area contributed by atoms with Gasteiger partial charge in [-0.1, -0.05) is 11.6 Å². The first kappa shape index (κ1) is 16.1. The van der Waals surface area contributed by atoms with Gasteiger partial charge in [-0.15, -0.1) is 0 Å². The Hall–Kier alpha value is -1.82. The predicted octanol–water partition coefficient (Wildman–Crippen LogP) is 4.36. The van der Waals surface area contributed by atoms with Gasteiger partial charge in [0.25, 0.3) is 0 Å². The van der Waals surface area contributed by atoms with Gasteiger partial charge in [-0.3, -0.25) is 9.58 Å². The molecule has 120 valence electrons. The molecule has 0 spiro atoms. The molecular formula is C17H18ClN3OS. The van der Waals surface area contributed by atoms with E-state index in [0.717, 1.165) is 29.1 Å². The molecule has 0 aliphatic heterocycles. The molecule has 3 rings (SSSR count). The lowest BCUT2D eigenvalue weighted by atomic mass is 10.2. The molecule has 0 saturated heterocycles. The van der Waals surface area contributed by atoms with E-state index in [1.807, 2.05) is 42.2 Å². The maximum absolute atomic E-state index is 6.09. The smallest absolute Gasteiger partial charge is 0.123 e. The summed E-state index contributed by atoms with van der Waals surface area (Å²) >= 11 is 7.77. The van der Waals surface area contributed by atoms with Gasteiger partial charge in [0.15, 0.2) is 0 Å². The van der Waals surface area contributed by atoms with E-state index < -0.39 is 0 Å². The minimum Gasteiger partial charge on any atom is -0.496 e. The van der Waals surface area contributed by atoms with Crippen LogP contribution < -0.4 is 4.74 Å². The van der Waals surface area contributed by atoms with Crippen LogP contribution in [0.3, 0.4) is 0 Å². The van der Waals surface area contributed by atoms with Crippen LogP contribution in [0.15, 0.2) is 47.3 Å². The van der Waals surface area contributed by atoms with E-state index in [4.69, 9.17) is 16.3 Å². The molecule has 0 unspecified atom stereocenters. The number of halogens is 1. The standard InChI is InChI=1S/C17H18ClN3OS/c1-20(10-14-9-15(18)3-4-17(14)22-2)12-21-7-5-16(19-21)13-6-8-23-11-13/h3-9,11H,10,12H2,1-2H3. The van der Waals surface area contributed by atoms with Crippen molar-refractivity contribution in [3.8, 4) is 17.0 Å². The van der Waals surface area contributed by atoms with Gasteiger partial charge in [-0.05, 0) is 42.8 Å². The Morgan fingerprint density at radius 2 is 2.17 bits per heavy atom. The van der Waals surface area contributed by atoms with Crippen LogP contribution in [0.4, 0.5) is 0 Å². The summed E-state index contributed by atoms with van der Waals surface area (Å²) in [7, 11) is 3.72. The molecule has 3 aromatic rings. The molecule has 0 bridgehead atoms. The zero-order valence-electron chi connectivity index (χ0n) is 13.1. The Kier molecular flexibility index (Phi) is 5.00. The quantitative estimate of drug-likeness (QED) is 0.663. The maximum Gasteiger partial charge on any atom is 0.123 e. The van der Waals surface area contributed by atoms with Crippen LogP contribution in [0.5, 0.6) is 5.75 Å². The molecule has 1 aromatic carbocycles. The molecule has 0 N–H and O–H groups in total. The lowest BCUT2D eigenvalue weighted by Crippen LogP contribution is -2.22. The number of methoxy groups -OCH3 is 1. The molecule has 0 atom stereocenters. The van der Waals surface area contributed by atoms with Gasteiger partial charge < -0.3 is 4.74 Å². The van der Waals surface area contributed by atoms with Gasteiger partial charge in [0.05, 0.1) is 19.5 Å².